The number of rotatable bonds is 4. The number of nitrogens with zero attached hydrogens (tertiary/aromatic N) is 1. The number of aliphatic hydroxyl groups excluding tert-OH is 1. The van der Waals surface area contributed by atoms with Crippen LogP contribution in [0.1, 0.15) is 13.8 Å². The quantitative estimate of drug-likeness (QED) is 0.886. The number of sulfonamides is 1. The lowest BCUT2D eigenvalue weighted by molar-refractivity contribution is 0.138. The molecule has 96 valence electrons. The van der Waals surface area contributed by atoms with Crippen molar-refractivity contribution in [3.8, 4) is 0 Å². The monoisotopic (exact) mass is 261 g/mol. The van der Waals surface area contributed by atoms with Crippen LogP contribution in [0.15, 0.2) is 29.2 Å². The van der Waals surface area contributed by atoms with Crippen LogP contribution in [0.25, 0.3) is 0 Å². The molecule has 4 nitrogen and oxygen atoms in total. The average Bonchev–Trinajstić information content (AvgIpc) is 2.28. The fourth-order valence-corrected chi connectivity index (χ4v) is 2.75. The molecule has 0 unspecified atom stereocenters. The van der Waals surface area contributed by atoms with E-state index in [1.54, 1.807) is 13.8 Å². The normalized spacial score (nSPS) is 13.1. The van der Waals surface area contributed by atoms with E-state index < -0.39 is 21.4 Å². The molecule has 0 aromatic heterocycles. The van der Waals surface area contributed by atoms with Gasteiger partial charge in [-0.05, 0) is 32.0 Å². The Hall–Kier alpha value is -0.980. The summed E-state index contributed by atoms with van der Waals surface area (Å²) in [6.07, 6.45) is 0. The molecule has 6 heteroatoms. The van der Waals surface area contributed by atoms with Gasteiger partial charge >= 0.3 is 0 Å². The lowest BCUT2D eigenvalue weighted by atomic mass is 10.1. The molecule has 0 aliphatic carbocycles. The smallest absolute Gasteiger partial charge is 0.243 e. The average molecular weight is 261 g/mol. The summed E-state index contributed by atoms with van der Waals surface area (Å²) in [5, 5.41) is 9.15. The highest BCUT2D eigenvalue weighted by Crippen LogP contribution is 2.22. The van der Waals surface area contributed by atoms with E-state index in [0.717, 1.165) is 10.4 Å². The second-order valence-electron chi connectivity index (χ2n) is 4.40. The summed E-state index contributed by atoms with van der Waals surface area (Å²) in [5.74, 6) is -0.610. The largest absolute Gasteiger partial charge is 0.394 e. The highest BCUT2D eigenvalue weighted by atomic mass is 32.2. The first-order chi connectivity index (χ1) is 7.71. The SMILES string of the molecule is CN(C(C)(C)CO)S(=O)(=O)c1cccc(F)c1. The molecule has 0 saturated carbocycles. The van der Waals surface area contributed by atoms with E-state index in [-0.39, 0.29) is 11.5 Å². The Morgan fingerprint density at radius 1 is 1.41 bits per heavy atom. The van der Waals surface area contributed by atoms with Gasteiger partial charge in [-0.25, -0.2) is 12.8 Å². The zero-order chi connectivity index (χ0) is 13.3. The molecule has 1 N–H and O–H groups in total. The molecule has 0 heterocycles. The van der Waals surface area contributed by atoms with Gasteiger partial charge in [0.1, 0.15) is 5.82 Å². The standard InChI is InChI=1S/C11H16FNO3S/c1-11(2,8-14)13(3)17(15,16)10-6-4-5-9(12)7-10/h4-7,14H,8H2,1-3H3. The number of halogens is 1. The summed E-state index contributed by atoms with van der Waals surface area (Å²) in [5.41, 5.74) is -0.939. The van der Waals surface area contributed by atoms with Crippen LogP contribution in [0, 0.1) is 5.82 Å². The Kier molecular flexibility index (Phi) is 3.91. The maximum atomic E-state index is 13.0. The number of likely N-dealkylation sites (N-methyl/N-ethyl adjacent to an activating group) is 1. The second kappa shape index (κ2) is 4.72. The summed E-state index contributed by atoms with van der Waals surface area (Å²) >= 11 is 0. The Bertz CT molecular complexity index is 499. The van der Waals surface area contributed by atoms with Crippen LogP contribution in [-0.4, -0.2) is 37.0 Å². The van der Waals surface area contributed by atoms with E-state index in [4.69, 9.17) is 5.11 Å². The zero-order valence-electron chi connectivity index (χ0n) is 10.0. The van der Waals surface area contributed by atoms with Gasteiger partial charge in [0.15, 0.2) is 0 Å². The first kappa shape index (κ1) is 14.1. The van der Waals surface area contributed by atoms with E-state index in [1.165, 1.54) is 25.2 Å². The fourth-order valence-electron chi connectivity index (χ4n) is 1.21. The molecule has 0 atom stereocenters. The van der Waals surface area contributed by atoms with Gasteiger partial charge in [-0.15, -0.1) is 0 Å². The summed E-state index contributed by atoms with van der Waals surface area (Å²) in [6, 6.07) is 4.79. The lowest BCUT2D eigenvalue weighted by Crippen LogP contribution is -2.47. The molecule has 0 fully saturated rings. The van der Waals surface area contributed by atoms with Crippen molar-refractivity contribution in [2.75, 3.05) is 13.7 Å². The van der Waals surface area contributed by atoms with Gasteiger partial charge in [-0.2, -0.15) is 4.31 Å². The van der Waals surface area contributed by atoms with Crippen molar-refractivity contribution < 1.29 is 17.9 Å². The summed E-state index contributed by atoms with van der Waals surface area (Å²) in [6.45, 7) is 2.85. The van der Waals surface area contributed by atoms with Gasteiger partial charge in [0.2, 0.25) is 10.0 Å². The zero-order valence-corrected chi connectivity index (χ0v) is 10.8. The van der Waals surface area contributed by atoms with Crippen molar-refractivity contribution >= 4 is 10.0 Å². The Labute approximate surface area is 101 Å². The fraction of sp³-hybridized carbons (Fsp3) is 0.455. The topological polar surface area (TPSA) is 57.6 Å². The molecular weight excluding hydrogens is 245 g/mol. The molecule has 0 spiro atoms. The summed E-state index contributed by atoms with van der Waals surface area (Å²) in [7, 11) is -2.44. The highest BCUT2D eigenvalue weighted by Gasteiger charge is 2.33. The van der Waals surface area contributed by atoms with Gasteiger partial charge in [-0.1, -0.05) is 6.07 Å². The van der Waals surface area contributed by atoms with Crippen molar-refractivity contribution in [2.45, 2.75) is 24.3 Å². The van der Waals surface area contributed by atoms with Crippen molar-refractivity contribution in [3.05, 3.63) is 30.1 Å². The first-order valence-electron chi connectivity index (χ1n) is 5.07. The molecule has 17 heavy (non-hydrogen) atoms. The number of aliphatic hydroxyl groups is 1. The van der Waals surface area contributed by atoms with Crippen LogP contribution in [-0.2, 0) is 10.0 Å². The molecule has 0 bridgehead atoms. The molecule has 1 aromatic carbocycles. The molecule has 0 aliphatic rings. The van der Waals surface area contributed by atoms with E-state index in [0.29, 0.717) is 0 Å². The van der Waals surface area contributed by atoms with Crippen LogP contribution in [0.2, 0.25) is 0 Å². The lowest BCUT2D eigenvalue weighted by Gasteiger charge is -2.32. The first-order valence-corrected chi connectivity index (χ1v) is 6.51. The Morgan fingerprint density at radius 3 is 2.47 bits per heavy atom. The third-order valence-electron chi connectivity index (χ3n) is 2.69. The van der Waals surface area contributed by atoms with Gasteiger partial charge in [-0.3, -0.25) is 0 Å². The van der Waals surface area contributed by atoms with E-state index in [2.05, 4.69) is 0 Å². The van der Waals surface area contributed by atoms with Crippen LogP contribution >= 0.6 is 0 Å². The third-order valence-corrected chi connectivity index (χ3v) is 4.76. The van der Waals surface area contributed by atoms with Crippen LogP contribution in [0.5, 0.6) is 0 Å². The molecule has 1 rings (SSSR count). The van der Waals surface area contributed by atoms with Crippen LogP contribution in [0.4, 0.5) is 4.39 Å². The molecule has 0 radical (unpaired) electrons. The van der Waals surface area contributed by atoms with Crippen LogP contribution < -0.4 is 0 Å². The molecule has 0 amide bonds. The maximum absolute atomic E-state index is 13.0. The van der Waals surface area contributed by atoms with Crippen molar-refractivity contribution in [1.29, 1.82) is 0 Å². The highest BCUT2D eigenvalue weighted by molar-refractivity contribution is 7.89. The van der Waals surface area contributed by atoms with Crippen molar-refractivity contribution in [1.82, 2.24) is 4.31 Å². The second-order valence-corrected chi connectivity index (χ2v) is 6.37. The molecule has 1 aromatic rings. The number of hydrogen-bond donors (Lipinski definition) is 1. The van der Waals surface area contributed by atoms with Gasteiger partial charge in [0, 0.05) is 7.05 Å². The Morgan fingerprint density at radius 2 is 2.00 bits per heavy atom. The third kappa shape index (κ3) is 2.83. The maximum Gasteiger partial charge on any atom is 0.243 e. The minimum absolute atomic E-state index is 0.124. The minimum atomic E-state index is -3.80. The van der Waals surface area contributed by atoms with E-state index in [9.17, 15) is 12.8 Å². The Balaban J connectivity index is 3.21. The molecular formula is C11H16FNO3S. The van der Waals surface area contributed by atoms with Crippen LogP contribution in [0.3, 0.4) is 0 Å². The van der Waals surface area contributed by atoms with Crippen molar-refractivity contribution in [2.24, 2.45) is 0 Å². The van der Waals surface area contributed by atoms with Gasteiger partial charge < -0.3 is 5.11 Å². The summed E-state index contributed by atoms with van der Waals surface area (Å²) in [4.78, 5) is -0.124. The number of hydrogen-bond acceptors (Lipinski definition) is 3. The van der Waals surface area contributed by atoms with Gasteiger partial charge in [0.25, 0.3) is 0 Å². The predicted molar refractivity (Wildman–Crippen MR) is 62.5 cm³/mol. The minimum Gasteiger partial charge on any atom is -0.394 e. The van der Waals surface area contributed by atoms with E-state index >= 15 is 0 Å². The van der Waals surface area contributed by atoms with Gasteiger partial charge in [0.05, 0.1) is 17.0 Å². The number of benzene rings is 1. The predicted octanol–water partition coefficient (Wildman–Crippen LogP) is 1.22. The van der Waals surface area contributed by atoms with Crippen molar-refractivity contribution in [3.63, 3.8) is 0 Å². The molecule has 0 aliphatic heterocycles. The summed E-state index contributed by atoms with van der Waals surface area (Å²) < 4.78 is 38.3. The van der Waals surface area contributed by atoms with E-state index in [1.807, 2.05) is 0 Å². The molecule has 0 saturated heterocycles.